The number of carbonyl (C=O) groups is 2. The van der Waals surface area contributed by atoms with Crippen LogP contribution in [0.2, 0.25) is 0 Å². The zero-order valence-electron chi connectivity index (χ0n) is 14.9. The maximum absolute atomic E-state index is 13.1. The van der Waals surface area contributed by atoms with Crippen LogP contribution in [0.4, 0.5) is 8.78 Å². The Kier molecular flexibility index (Phi) is 6.47. The van der Waals surface area contributed by atoms with Gasteiger partial charge in [-0.2, -0.15) is 13.1 Å². The summed E-state index contributed by atoms with van der Waals surface area (Å²) in [5.41, 5.74) is -1.07. The quantitative estimate of drug-likeness (QED) is 0.175. The number of rotatable bonds is 10. The number of halogens is 2. The van der Waals surface area contributed by atoms with Gasteiger partial charge in [0.25, 0.3) is 0 Å². The van der Waals surface area contributed by atoms with Gasteiger partial charge in [0.2, 0.25) is 0 Å². The van der Waals surface area contributed by atoms with Gasteiger partial charge in [-0.25, -0.2) is 9.59 Å². The number of esters is 2. The fourth-order valence-corrected chi connectivity index (χ4v) is 5.29. The summed E-state index contributed by atoms with van der Waals surface area (Å²) in [6, 6.07) is 0. The minimum Gasteiger partial charge on any atom is -0.691 e. The van der Waals surface area contributed by atoms with E-state index in [0.29, 0.717) is 18.3 Å². The third kappa shape index (κ3) is 5.10. The van der Waals surface area contributed by atoms with Crippen molar-refractivity contribution in [3.05, 3.63) is 0 Å². The second-order valence-electron chi connectivity index (χ2n) is 7.75. The van der Waals surface area contributed by atoms with Crippen molar-refractivity contribution in [2.75, 3.05) is 19.8 Å². The van der Waals surface area contributed by atoms with Gasteiger partial charge >= 0.3 is 17.2 Å². The molecule has 0 aliphatic heterocycles. The summed E-state index contributed by atoms with van der Waals surface area (Å²) >= 11 is -0.848. The molecule has 0 amide bonds. The van der Waals surface area contributed by atoms with Gasteiger partial charge in [-0.1, -0.05) is 0 Å². The number of hydrogen-bond acceptors (Lipinski definition) is 10. The van der Waals surface area contributed by atoms with Crippen LogP contribution in [0.5, 0.6) is 0 Å². The van der Waals surface area contributed by atoms with Crippen LogP contribution in [-0.4, -0.2) is 53.3 Å². The first-order chi connectivity index (χ1) is 13.2. The second kappa shape index (κ2) is 8.36. The average molecular weight is 427 g/mol. The van der Waals surface area contributed by atoms with Crippen molar-refractivity contribution in [2.24, 2.45) is 11.8 Å². The number of carbonyl (C=O) groups excluding carboxylic acids is 2. The first-order valence-electron chi connectivity index (χ1n) is 8.87. The summed E-state index contributed by atoms with van der Waals surface area (Å²) < 4.78 is 44.5. The van der Waals surface area contributed by atoms with Crippen molar-refractivity contribution in [2.45, 2.75) is 55.0 Å². The second-order valence-corrected chi connectivity index (χ2v) is 8.57. The topological polar surface area (TPSA) is 124 Å². The lowest BCUT2D eigenvalue weighted by molar-refractivity contribution is -0.777. The fourth-order valence-electron chi connectivity index (χ4n) is 5.05. The zero-order chi connectivity index (χ0) is 20.4. The van der Waals surface area contributed by atoms with Gasteiger partial charge in [0, 0.05) is 6.42 Å². The van der Waals surface area contributed by atoms with Crippen LogP contribution in [0, 0.1) is 11.8 Å². The third-order valence-electron chi connectivity index (χ3n) is 5.46. The Morgan fingerprint density at radius 2 is 1.82 bits per heavy atom. The van der Waals surface area contributed by atoms with Crippen molar-refractivity contribution in [3.8, 4) is 0 Å². The molecule has 9 nitrogen and oxygen atoms in total. The largest absolute Gasteiger partial charge is 0.691 e. The summed E-state index contributed by atoms with van der Waals surface area (Å²) in [6.07, 6.45) is 5.05. The van der Waals surface area contributed by atoms with Gasteiger partial charge < -0.3 is 24.6 Å². The summed E-state index contributed by atoms with van der Waals surface area (Å²) in [4.78, 5) is 22.6. The van der Waals surface area contributed by atoms with E-state index in [4.69, 9.17) is 9.47 Å². The van der Waals surface area contributed by atoms with Crippen molar-refractivity contribution in [1.29, 1.82) is 0 Å². The average Bonchev–Trinajstić information content (AvgIpc) is 2.59. The van der Waals surface area contributed by atoms with Crippen LogP contribution in [0.15, 0.2) is 0 Å². The van der Waals surface area contributed by atoms with Gasteiger partial charge in [0.05, 0.1) is 17.8 Å². The van der Waals surface area contributed by atoms with Crippen LogP contribution in [0.3, 0.4) is 0 Å². The van der Waals surface area contributed by atoms with E-state index in [9.17, 15) is 28.7 Å². The smallest absolute Gasteiger partial charge is 0.415 e. The molecule has 4 aliphatic carbocycles. The van der Waals surface area contributed by atoms with Gasteiger partial charge in [0.15, 0.2) is 6.61 Å². The van der Waals surface area contributed by atoms with E-state index in [1.54, 1.807) is 0 Å². The molecule has 4 aliphatic rings. The Labute approximate surface area is 163 Å². The molecular formula is C16H21F2O9S-. The van der Waals surface area contributed by atoms with Crippen LogP contribution < -0.4 is 5.26 Å². The first kappa shape index (κ1) is 21.7. The van der Waals surface area contributed by atoms with Gasteiger partial charge in [-0.15, -0.1) is 0 Å². The number of aliphatic hydroxyl groups is 1. The third-order valence-corrected chi connectivity index (χ3v) is 5.96. The molecule has 4 bridgehead atoms. The fraction of sp³-hybridized carbons (Fsp3) is 0.875. The lowest BCUT2D eigenvalue weighted by Crippen LogP contribution is -2.60. The van der Waals surface area contributed by atoms with Crippen molar-refractivity contribution >= 4 is 24.0 Å². The van der Waals surface area contributed by atoms with Gasteiger partial charge in [0.1, 0.15) is 18.6 Å². The van der Waals surface area contributed by atoms with E-state index in [1.807, 2.05) is 0 Å². The highest BCUT2D eigenvalue weighted by Crippen LogP contribution is 2.58. The monoisotopic (exact) mass is 427 g/mol. The van der Waals surface area contributed by atoms with Crippen LogP contribution in [0.1, 0.15) is 38.5 Å². The van der Waals surface area contributed by atoms with E-state index in [1.165, 1.54) is 0 Å². The maximum Gasteiger partial charge on any atom is 0.415 e. The molecule has 2 unspecified atom stereocenters. The molecule has 160 valence electrons. The zero-order valence-corrected chi connectivity index (χ0v) is 15.7. The highest BCUT2D eigenvalue weighted by Gasteiger charge is 2.57. The van der Waals surface area contributed by atoms with Crippen molar-refractivity contribution < 1.29 is 52.3 Å². The number of alkyl halides is 2. The molecule has 4 rings (SSSR count). The molecule has 2 atom stereocenters. The summed E-state index contributed by atoms with van der Waals surface area (Å²) in [7, 11) is 0. The molecule has 28 heavy (non-hydrogen) atoms. The molecule has 0 radical (unpaired) electrons. The molecule has 1 N–H and O–H groups in total. The molecule has 4 fully saturated rings. The van der Waals surface area contributed by atoms with E-state index < -0.39 is 47.0 Å². The maximum atomic E-state index is 13.1. The molecule has 0 aromatic heterocycles. The Balaban J connectivity index is 1.34. The van der Waals surface area contributed by atoms with Gasteiger partial charge in [-0.3, -0.25) is 5.04 Å². The molecule has 12 heteroatoms. The Hall–Kier alpha value is -1.05. The Morgan fingerprint density at radius 1 is 1.14 bits per heavy atom. The van der Waals surface area contributed by atoms with Gasteiger partial charge in [-0.05, 0) is 43.9 Å². The molecule has 0 aromatic carbocycles. The number of hydrogen-bond donors (Lipinski definition) is 1. The lowest BCUT2D eigenvalue weighted by atomic mass is 9.52. The van der Waals surface area contributed by atoms with Crippen molar-refractivity contribution in [3.63, 3.8) is 0 Å². The van der Waals surface area contributed by atoms with Crippen LogP contribution >= 0.6 is 12.0 Å². The van der Waals surface area contributed by atoms with Crippen molar-refractivity contribution in [1.82, 2.24) is 0 Å². The highest BCUT2D eigenvalue weighted by atomic mass is 32.2. The van der Waals surface area contributed by atoms with E-state index in [0.717, 1.165) is 32.1 Å². The molecule has 0 saturated heterocycles. The van der Waals surface area contributed by atoms with E-state index in [2.05, 4.69) is 14.1 Å². The van der Waals surface area contributed by atoms with Crippen LogP contribution in [0.25, 0.3) is 0 Å². The molecular weight excluding hydrogens is 406 g/mol. The van der Waals surface area contributed by atoms with E-state index in [-0.39, 0.29) is 13.2 Å². The minimum absolute atomic E-state index is 0.0932. The highest BCUT2D eigenvalue weighted by molar-refractivity contribution is 7.96. The summed E-state index contributed by atoms with van der Waals surface area (Å²) in [6.45, 7) is -1.07. The Morgan fingerprint density at radius 3 is 2.43 bits per heavy atom. The first-order valence-corrected chi connectivity index (χ1v) is 9.61. The number of ether oxygens (including phenoxy) is 3. The summed E-state index contributed by atoms with van der Waals surface area (Å²) in [5.74, 6) is -2.21. The molecule has 4 saturated carbocycles. The molecule has 0 aromatic rings. The molecule has 0 spiro atoms. The lowest BCUT2D eigenvalue weighted by Gasteiger charge is -2.59. The minimum atomic E-state index is -4.22. The summed E-state index contributed by atoms with van der Waals surface area (Å²) in [5, 5.41) is 18.6. The SMILES string of the molecule is O=C(COC(=O)C(F)(F)SOO[O-])OCCOC12CC3CC(CC(O)(C3)C1)C2. The van der Waals surface area contributed by atoms with E-state index >= 15 is 0 Å². The predicted octanol–water partition coefficient (Wildman–Crippen LogP) is 0.638. The predicted molar refractivity (Wildman–Crippen MR) is 84.9 cm³/mol. The standard InChI is InChI=1S/C16H22F2O9S/c17-16(18,28-27-26-22)13(20)24-8-12(19)23-1-2-25-15-6-10-3-11(7-15)5-14(21,4-10)9-15/h10-11,21-22H,1-9H2/p-1. The normalized spacial score (nSPS) is 33.7. The Bertz CT molecular complexity index is 589. The van der Waals surface area contributed by atoms with Crippen LogP contribution in [-0.2, 0) is 33.2 Å². The molecule has 0 heterocycles.